The van der Waals surface area contributed by atoms with Crippen LogP contribution >= 0.6 is 11.3 Å². The summed E-state index contributed by atoms with van der Waals surface area (Å²) in [6.45, 7) is 8.57. The highest BCUT2D eigenvalue weighted by Gasteiger charge is 2.34. The molecule has 84 heavy (non-hydrogen) atoms. The minimum Gasteiger partial charge on any atom is -0.494 e. The zero-order valence-corrected chi connectivity index (χ0v) is 47.9. The van der Waals surface area contributed by atoms with Gasteiger partial charge in [0.1, 0.15) is 34.5 Å². The van der Waals surface area contributed by atoms with Crippen molar-refractivity contribution in [3.05, 3.63) is 152 Å². The molecule has 0 unspecified atom stereocenters. The van der Waals surface area contributed by atoms with Crippen LogP contribution in [0.3, 0.4) is 0 Å². The summed E-state index contributed by atoms with van der Waals surface area (Å²) in [4.78, 5) is 81.5. The second-order valence-electron chi connectivity index (χ2n) is 20.5. The van der Waals surface area contributed by atoms with Crippen molar-refractivity contribution in [3.63, 3.8) is 0 Å². The summed E-state index contributed by atoms with van der Waals surface area (Å²) in [5.74, 6) is -1.63. The quantitative estimate of drug-likeness (QED) is 0.0103. The van der Waals surface area contributed by atoms with Gasteiger partial charge < -0.3 is 37.9 Å². The van der Waals surface area contributed by atoms with E-state index < -0.39 is 41.6 Å². The fourth-order valence-electron chi connectivity index (χ4n) is 9.74. The lowest BCUT2D eigenvalue weighted by Crippen LogP contribution is -2.30. The first-order valence-corrected chi connectivity index (χ1v) is 29.6. The third-order valence-electron chi connectivity index (χ3n) is 14.5. The zero-order chi connectivity index (χ0) is 58.9. The van der Waals surface area contributed by atoms with Gasteiger partial charge in [-0.3, -0.25) is 19.2 Å². The number of hydrogen-bond acceptors (Lipinski definition) is 18. The first kappa shape index (κ1) is 61.4. The van der Waals surface area contributed by atoms with Crippen LogP contribution in [0.4, 0.5) is 10.8 Å². The number of rotatable bonds is 30. The Bertz CT molecular complexity index is 3150. The maximum atomic E-state index is 14.0. The van der Waals surface area contributed by atoms with E-state index in [2.05, 4.69) is 13.2 Å². The van der Waals surface area contributed by atoms with Gasteiger partial charge in [-0.1, -0.05) is 54.8 Å². The molecule has 0 N–H and O–H groups in total. The molecule has 2 aliphatic carbocycles. The number of ether oxygens (including phenoxy) is 8. The molecule has 6 aromatic rings. The summed E-state index contributed by atoms with van der Waals surface area (Å²) in [6.07, 6.45) is 14.2. The van der Waals surface area contributed by atoms with Crippen LogP contribution in [0, 0.1) is 23.7 Å². The molecule has 18 heteroatoms. The van der Waals surface area contributed by atoms with Gasteiger partial charge in [-0.25, -0.2) is 19.6 Å². The molecule has 1 heterocycles. The summed E-state index contributed by atoms with van der Waals surface area (Å²) in [5.41, 5.74) is 1.92. The Labute approximate surface area is 493 Å². The molecule has 8 rings (SSSR count). The topological polar surface area (TPSA) is 205 Å². The number of hydrogen-bond donors (Lipinski definition) is 0. The average Bonchev–Trinajstić information content (AvgIpc) is 4.03. The molecule has 0 amide bonds. The summed E-state index contributed by atoms with van der Waals surface area (Å²) < 4.78 is 46.3. The Balaban J connectivity index is 0.840. The van der Waals surface area contributed by atoms with E-state index in [4.69, 9.17) is 48.0 Å². The first-order chi connectivity index (χ1) is 41.0. The van der Waals surface area contributed by atoms with Gasteiger partial charge in [-0.2, -0.15) is 5.10 Å². The van der Waals surface area contributed by atoms with Gasteiger partial charge in [0.15, 0.2) is 0 Å². The Morgan fingerprint density at radius 1 is 0.488 bits per heavy atom. The molecule has 1 aromatic heterocycles. The molecule has 440 valence electrons. The summed E-state index contributed by atoms with van der Waals surface area (Å²) in [5, 5.41) is 7.21. The molecule has 0 atom stereocenters. The molecular formula is C66H71N3O14S. The van der Waals surface area contributed by atoms with Crippen LogP contribution in [-0.2, 0) is 38.2 Å². The Hall–Kier alpha value is -8.64. The largest absolute Gasteiger partial charge is 0.494 e. The average molecular weight is 1160 g/mol. The van der Waals surface area contributed by atoms with Crippen molar-refractivity contribution in [2.45, 2.75) is 103 Å². The monoisotopic (exact) mass is 1160 g/mol. The maximum Gasteiger partial charge on any atom is 0.330 e. The van der Waals surface area contributed by atoms with Crippen LogP contribution in [0.15, 0.2) is 152 Å². The van der Waals surface area contributed by atoms with Gasteiger partial charge in [-0.05, 0) is 194 Å². The van der Waals surface area contributed by atoms with E-state index in [1.165, 1.54) is 11.3 Å². The van der Waals surface area contributed by atoms with Crippen molar-refractivity contribution in [2.24, 2.45) is 28.8 Å². The molecule has 5 aromatic carbocycles. The zero-order valence-electron chi connectivity index (χ0n) is 47.1. The standard InChI is InChI=1S/C66H71N3O14S/c1-3-60(70)78-42-16-7-5-14-40-76-52-30-34-54(35-31-52)80-62(72)46-22-24-48(25-23-46)64(74)82-56-38-39-58(50(44-56)45-67-69(51-18-10-9-11-19-51)66-68-57-20-12-13-21-59(57)84-66)83-65(75)49-28-26-47(27-29-49)63(73)81-55-36-32-53(33-37-55)77-41-15-6-8-17-43-79-61(71)4-2/h3-4,9-13,18-21,30-39,44-49H,1-2,5-8,14-17,22-29,40-43H2/b67-45+/t46-,47-,48-,49-. The Morgan fingerprint density at radius 2 is 0.905 bits per heavy atom. The van der Waals surface area contributed by atoms with E-state index in [1.54, 1.807) is 78.0 Å². The van der Waals surface area contributed by atoms with Crippen LogP contribution in [0.1, 0.15) is 108 Å². The summed E-state index contributed by atoms with van der Waals surface area (Å²) in [6, 6.07) is 35.9. The lowest BCUT2D eigenvalue weighted by Gasteiger charge is -2.26. The van der Waals surface area contributed by atoms with Crippen molar-refractivity contribution in [1.82, 2.24) is 4.98 Å². The number of aromatic nitrogens is 1. The number of carbonyl (C=O) groups excluding carboxylic acids is 6. The molecule has 17 nitrogen and oxygen atoms in total. The third-order valence-corrected chi connectivity index (χ3v) is 15.5. The third kappa shape index (κ3) is 19.0. The number of unbranched alkanes of at least 4 members (excludes halogenated alkanes) is 6. The van der Waals surface area contributed by atoms with Crippen molar-refractivity contribution in [3.8, 4) is 34.5 Å². The molecule has 2 saturated carbocycles. The lowest BCUT2D eigenvalue weighted by atomic mass is 9.82. The van der Waals surface area contributed by atoms with Gasteiger partial charge >= 0.3 is 35.8 Å². The minimum atomic E-state index is -0.486. The first-order valence-electron chi connectivity index (χ1n) is 28.8. The fourth-order valence-corrected chi connectivity index (χ4v) is 10.7. The molecule has 2 fully saturated rings. The highest BCUT2D eigenvalue weighted by atomic mass is 32.1. The number of para-hydroxylation sites is 2. The van der Waals surface area contributed by atoms with Crippen LogP contribution in [-0.4, -0.2) is 73.4 Å². The molecule has 2 aliphatic rings. The second kappa shape index (κ2) is 32.3. The van der Waals surface area contributed by atoms with E-state index in [9.17, 15) is 28.8 Å². The van der Waals surface area contributed by atoms with Crippen molar-refractivity contribution in [2.75, 3.05) is 31.4 Å². The number of carbonyl (C=O) groups is 6. The van der Waals surface area contributed by atoms with Gasteiger partial charge in [0.2, 0.25) is 5.13 Å². The second-order valence-corrected chi connectivity index (χ2v) is 21.6. The molecule has 0 radical (unpaired) electrons. The Kier molecular flexibility index (Phi) is 23.6. The highest BCUT2D eigenvalue weighted by Crippen LogP contribution is 2.37. The van der Waals surface area contributed by atoms with E-state index in [0.29, 0.717) is 111 Å². The highest BCUT2D eigenvalue weighted by molar-refractivity contribution is 7.22. The Morgan fingerprint density at radius 3 is 1.38 bits per heavy atom. The molecule has 0 saturated heterocycles. The van der Waals surface area contributed by atoms with Gasteiger partial charge in [0, 0.05) is 17.7 Å². The number of benzene rings is 5. The molecule has 0 spiro atoms. The van der Waals surface area contributed by atoms with Crippen molar-refractivity contribution in [1.29, 1.82) is 0 Å². The predicted molar refractivity (Wildman–Crippen MR) is 319 cm³/mol. The van der Waals surface area contributed by atoms with Crippen LogP contribution in [0.5, 0.6) is 34.5 Å². The van der Waals surface area contributed by atoms with Crippen molar-refractivity contribution < 1.29 is 66.7 Å². The number of anilines is 2. The number of nitrogens with zero attached hydrogens (tertiary/aromatic N) is 3. The number of fused-ring (bicyclic) bond motifs is 1. The minimum absolute atomic E-state index is 0.203. The molecule has 0 aliphatic heterocycles. The van der Waals surface area contributed by atoms with Crippen LogP contribution in [0.25, 0.3) is 10.2 Å². The van der Waals surface area contributed by atoms with Gasteiger partial charge in [0.05, 0.1) is 72.2 Å². The molecular weight excluding hydrogens is 1090 g/mol. The van der Waals surface area contributed by atoms with E-state index in [0.717, 1.165) is 79.4 Å². The van der Waals surface area contributed by atoms with E-state index >= 15 is 0 Å². The predicted octanol–water partition coefficient (Wildman–Crippen LogP) is 13.4. The lowest BCUT2D eigenvalue weighted by molar-refractivity contribution is -0.145. The summed E-state index contributed by atoms with van der Waals surface area (Å²) in [7, 11) is 0. The number of hydrazone groups is 1. The number of thiazole rings is 1. The number of esters is 6. The van der Waals surface area contributed by atoms with Gasteiger partial charge in [0.25, 0.3) is 0 Å². The maximum absolute atomic E-state index is 14.0. The van der Waals surface area contributed by atoms with Gasteiger partial charge in [-0.15, -0.1) is 0 Å². The van der Waals surface area contributed by atoms with Crippen molar-refractivity contribution >= 4 is 74.4 Å². The van der Waals surface area contributed by atoms with E-state index in [-0.39, 0.29) is 29.4 Å². The fraction of sp³-hybridized carbons (Fsp3) is 0.364. The van der Waals surface area contributed by atoms with Crippen LogP contribution < -0.4 is 33.4 Å². The van der Waals surface area contributed by atoms with Crippen LogP contribution in [0.2, 0.25) is 0 Å². The smallest absolute Gasteiger partial charge is 0.330 e. The molecule has 0 bridgehead atoms. The normalized spacial score (nSPS) is 16.6. The summed E-state index contributed by atoms with van der Waals surface area (Å²) >= 11 is 1.47. The SMILES string of the molecule is C=CC(=O)OCCCCCCOc1ccc(OC(=O)[C@H]2CC[C@H](C(=O)Oc3ccc(OC(=O)[C@H]4CC[C@H](C(=O)Oc5ccc(OCCCCCCOC(=O)C=C)cc5)CC4)c(/C=N/N(c4ccccc4)c4nc5ccccc5s4)c3)CC2)cc1. The van der Waals surface area contributed by atoms with E-state index in [1.807, 2.05) is 54.6 Å².